The van der Waals surface area contributed by atoms with Crippen molar-refractivity contribution in [1.82, 2.24) is 5.32 Å². The predicted octanol–water partition coefficient (Wildman–Crippen LogP) is 3.36. The lowest BCUT2D eigenvalue weighted by Gasteiger charge is -2.52. The van der Waals surface area contributed by atoms with E-state index in [0.717, 1.165) is 24.3 Å². The van der Waals surface area contributed by atoms with Gasteiger partial charge in [-0.1, -0.05) is 20.8 Å². The predicted molar refractivity (Wildman–Crippen MR) is 74.6 cm³/mol. The van der Waals surface area contributed by atoms with Gasteiger partial charge in [-0.25, -0.2) is 0 Å². The summed E-state index contributed by atoms with van der Waals surface area (Å²) >= 11 is 0. The summed E-state index contributed by atoms with van der Waals surface area (Å²) in [4.78, 5) is 0. The van der Waals surface area contributed by atoms with E-state index in [1.54, 1.807) is 0 Å². The Morgan fingerprint density at radius 1 is 1.00 bits per heavy atom. The minimum absolute atomic E-state index is 0.185. The highest BCUT2D eigenvalue weighted by Crippen LogP contribution is 2.42. The van der Waals surface area contributed by atoms with Crippen molar-refractivity contribution in [3.05, 3.63) is 0 Å². The molecule has 0 aromatic carbocycles. The Kier molecular flexibility index (Phi) is 3.44. The van der Waals surface area contributed by atoms with Crippen molar-refractivity contribution in [2.24, 2.45) is 17.8 Å². The fraction of sp³-hybridized carbons (Fsp3) is 1.00. The van der Waals surface area contributed by atoms with Crippen molar-refractivity contribution in [1.29, 1.82) is 0 Å². The van der Waals surface area contributed by atoms with Crippen LogP contribution in [-0.4, -0.2) is 24.3 Å². The lowest BCUT2D eigenvalue weighted by atomic mass is 9.73. The maximum absolute atomic E-state index is 6.65. The molecule has 2 nitrogen and oxygen atoms in total. The van der Waals surface area contributed by atoms with Crippen molar-refractivity contribution < 1.29 is 4.74 Å². The number of hydrogen-bond donors (Lipinski definition) is 1. The summed E-state index contributed by atoms with van der Waals surface area (Å²) in [6.07, 6.45) is 8.35. The van der Waals surface area contributed by atoms with Gasteiger partial charge in [-0.2, -0.15) is 0 Å². The third-order valence-electron chi connectivity index (χ3n) is 5.67. The van der Waals surface area contributed by atoms with Crippen LogP contribution in [0, 0.1) is 17.8 Å². The fourth-order valence-electron chi connectivity index (χ4n) is 4.49. The third kappa shape index (κ3) is 2.34. The molecule has 0 aromatic heterocycles. The van der Waals surface area contributed by atoms with Gasteiger partial charge in [0.25, 0.3) is 0 Å². The summed E-state index contributed by atoms with van der Waals surface area (Å²) in [6.45, 7) is 8.27. The first kappa shape index (κ1) is 12.9. The Labute approximate surface area is 112 Å². The van der Waals surface area contributed by atoms with Gasteiger partial charge in [-0.3, -0.25) is 0 Å². The minimum Gasteiger partial charge on any atom is -0.369 e. The van der Waals surface area contributed by atoms with E-state index in [2.05, 4.69) is 26.1 Å². The summed E-state index contributed by atoms with van der Waals surface area (Å²) in [5, 5.41) is 3.84. The standard InChI is InChI=1S/C16H29NO/c1-11-4-6-16(7-5-11)10-17-15-13(3)8-12(2)9-14(15)18-16/h11-15,17H,4-10H2,1-3H3. The highest BCUT2D eigenvalue weighted by Gasteiger charge is 2.46. The quantitative estimate of drug-likeness (QED) is 0.713. The van der Waals surface area contributed by atoms with E-state index in [9.17, 15) is 0 Å². The van der Waals surface area contributed by atoms with Gasteiger partial charge in [0.2, 0.25) is 0 Å². The van der Waals surface area contributed by atoms with Gasteiger partial charge < -0.3 is 10.1 Å². The topological polar surface area (TPSA) is 21.3 Å². The highest BCUT2D eigenvalue weighted by atomic mass is 16.5. The first-order valence-corrected chi connectivity index (χ1v) is 7.99. The monoisotopic (exact) mass is 251 g/mol. The van der Waals surface area contributed by atoms with Gasteiger partial charge in [0.1, 0.15) is 0 Å². The van der Waals surface area contributed by atoms with Gasteiger partial charge in [0.05, 0.1) is 11.7 Å². The largest absolute Gasteiger partial charge is 0.369 e. The number of nitrogens with one attached hydrogen (secondary N) is 1. The van der Waals surface area contributed by atoms with Crippen LogP contribution < -0.4 is 5.32 Å². The van der Waals surface area contributed by atoms with Crippen LogP contribution in [0.25, 0.3) is 0 Å². The smallest absolute Gasteiger partial charge is 0.0811 e. The molecule has 1 heterocycles. The van der Waals surface area contributed by atoms with E-state index in [1.165, 1.54) is 38.5 Å². The van der Waals surface area contributed by atoms with Crippen LogP contribution in [0.1, 0.15) is 59.3 Å². The fourth-order valence-corrected chi connectivity index (χ4v) is 4.49. The molecule has 1 spiro atoms. The first-order chi connectivity index (χ1) is 8.58. The molecule has 3 rings (SSSR count). The Morgan fingerprint density at radius 3 is 2.44 bits per heavy atom. The summed E-state index contributed by atoms with van der Waals surface area (Å²) in [6, 6.07) is 0.617. The third-order valence-corrected chi connectivity index (χ3v) is 5.67. The maximum atomic E-state index is 6.65. The molecule has 0 radical (unpaired) electrons. The number of rotatable bonds is 0. The number of ether oxygens (including phenoxy) is 1. The summed E-state index contributed by atoms with van der Waals surface area (Å²) in [5.41, 5.74) is 0.185. The van der Waals surface area contributed by atoms with Gasteiger partial charge in [-0.05, 0) is 56.3 Å². The lowest BCUT2D eigenvalue weighted by Crippen LogP contribution is -2.63. The second-order valence-electron chi connectivity index (χ2n) is 7.48. The minimum atomic E-state index is 0.185. The molecule has 4 unspecified atom stereocenters. The molecule has 104 valence electrons. The highest BCUT2D eigenvalue weighted by molar-refractivity contribution is 5.00. The van der Waals surface area contributed by atoms with E-state index in [4.69, 9.17) is 4.74 Å². The lowest BCUT2D eigenvalue weighted by molar-refractivity contribution is -0.176. The van der Waals surface area contributed by atoms with Crippen LogP contribution >= 0.6 is 0 Å². The van der Waals surface area contributed by atoms with Gasteiger partial charge in [0.15, 0.2) is 0 Å². The molecule has 3 aliphatic rings. The van der Waals surface area contributed by atoms with E-state index >= 15 is 0 Å². The van der Waals surface area contributed by atoms with E-state index < -0.39 is 0 Å². The van der Waals surface area contributed by atoms with Crippen molar-refractivity contribution in [3.8, 4) is 0 Å². The van der Waals surface area contributed by atoms with E-state index in [1.807, 2.05) is 0 Å². The Hall–Kier alpha value is -0.0800. The molecule has 1 saturated heterocycles. The summed E-state index contributed by atoms with van der Waals surface area (Å²) in [7, 11) is 0. The van der Waals surface area contributed by atoms with Crippen molar-refractivity contribution >= 4 is 0 Å². The molecule has 1 aliphatic heterocycles. The molecule has 2 heteroatoms. The van der Waals surface area contributed by atoms with Crippen molar-refractivity contribution in [3.63, 3.8) is 0 Å². The van der Waals surface area contributed by atoms with Crippen molar-refractivity contribution in [2.45, 2.75) is 77.0 Å². The zero-order valence-electron chi connectivity index (χ0n) is 12.2. The van der Waals surface area contributed by atoms with Crippen LogP contribution in [0.3, 0.4) is 0 Å². The number of morpholine rings is 1. The van der Waals surface area contributed by atoms with Crippen LogP contribution in [0.5, 0.6) is 0 Å². The summed E-state index contributed by atoms with van der Waals surface area (Å²) in [5.74, 6) is 2.51. The zero-order chi connectivity index (χ0) is 12.8. The van der Waals surface area contributed by atoms with Crippen LogP contribution in [0.2, 0.25) is 0 Å². The van der Waals surface area contributed by atoms with Crippen molar-refractivity contribution in [2.75, 3.05) is 6.54 Å². The second kappa shape index (κ2) is 4.79. The molecular formula is C16H29NO. The zero-order valence-corrected chi connectivity index (χ0v) is 12.2. The normalized spacial score (nSPS) is 53.2. The summed E-state index contributed by atoms with van der Waals surface area (Å²) < 4.78 is 6.65. The Bertz CT molecular complexity index is 295. The van der Waals surface area contributed by atoms with Crippen LogP contribution in [0.15, 0.2) is 0 Å². The molecule has 18 heavy (non-hydrogen) atoms. The number of hydrogen-bond acceptors (Lipinski definition) is 2. The first-order valence-electron chi connectivity index (χ1n) is 7.99. The van der Waals surface area contributed by atoms with E-state index in [0.29, 0.717) is 12.1 Å². The molecule has 2 aliphatic carbocycles. The second-order valence-corrected chi connectivity index (χ2v) is 7.48. The molecule has 0 aromatic rings. The van der Waals surface area contributed by atoms with Crippen LogP contribution in [0.4, 0.5) is 0 Å². The molecule has 2 saturated carbocycles. The molecule has 0 amide bonds. The SMILES string of the molecule is CC1CCC2(CC1)CNC1C(C)CC(C)CC1O2. The molecule has 4 atom stereocenters. The van der Waals surface area contributed by atoms with E-state index in [-0.39, 0.29) is 5.60 Å². The van der Waals surface area contributed by atoms with Crippen LogP contribution in [-0.2, 0) is 4.74 Å². The molecular weight excluding hydrogens is 222 g/mol. The Morgan fingerprint density at radius 2 is 1.72 bits per heavy atom. The van der Waals surface area contributed by atoms with Gasteiger partial charge >= 0.3 is 0 Å². The molecule has 0 bridgehead atoms. The Balaban J connectivity index is 1.68. The van der Waals surface area contributed by atoms with Gasteiger partial charge in [0, 0.05) is 12.6 Å². The average molecular weight is 251 g/mol. The average Bonchev–Trinajstić information content (AvgIpc) is 2.32. The van der Waals surface area contributed by atoms with Gasteiger partial charge in [-0.15, -0.1) is 0 Å². The molecule has 3 fully saturated rings. The maximum Gasteiger partial charge on any atom is 0.0811 e. The molecule has 1 N–H and O–H groups in total. The number of fused-ring (bicyclic) bond motifs is 1.